The fourth-order valence-electron chi connectivity index (χ4n) is 3.39. The number of carbonyl (C=O) groups excluding carboxylic acids is 1. The average Bonchev–Trinajstić information content (AvgIpc) is 3.43. The van der Waals surface area contributed by atoms with Crippen molar-refractivity contribution < 1.29 is 22.8 Å². The molecule has 1 aliphatic rings. The Labute approximate surface area is 172 Å². The summed E-state index contributed by atoms with van der Waals surface area (Å²) in [7, 11) is 0. The number of halogens is 2. The van der Waals surface area contributed by atoms with Gasteiger partial charge in [-0.3, -0.25) is 0 Å². The largest absolute Gasteiger partial charge is 0.454 e. The molecule has 0 saturated heterocycles. The van der Waals surface area contributed by atoms with E-state index in [1.54, 1.807) is 18.2 Å². The molecule has 1 saturated carbocycles. The molecule has 0 atom stereocenters. The molecule has 0 spiro atoms. The molecule has 6 heteroatoms. The van der Waals surface area contributed by atoms with Crippen molar-refractivity contribution in [2.45, 2.75) is 32.3 Å². The Kier molecular flexibility index (Phi) is 5.89. The summed E-state index contributed by atoms with van der Waals surface area (Å²) >= 11 is 0. The van der Waals surface area contributed by atoms with E-state index >= 15 is 0 Å². The Hall–Kier alpha value is -3.46. The second-order valence-electron chi connectivity index (χ2n) is 7.18. The van der Waals surface area contributed by atoms with Crippen molar-refractivity contribution >= 4 is 5.97 Å². The molecule has 0 unspecified atom stereocenters. The van der Waals surface area contributed by atoms with Gasteiger partial charge in [0.25, 0.3) is 0 Å². The summed E-state index contributed by atoms with van der Waals surface area (Å²) in [6.45, 7) is -0.203. The Morgan fingerprint density at radius 2 is 1.90 bits per heavy atom. The van der Waals surface area contributed by atoms with Gasteiger partial charge in [-0.25, -0.2) is 13.6 Å². The molecule has 0 N–H and O–H groups in total. The van der Waals surface area contributed by atoms with Crippen molar-refractivity contribution in [1.29, 1.82) is 0 Å². The first kappa shape index (κ1) is 19.8. The molecular weight excluding hydrogens is 388 g/mol. The van der Waals surface area contributed by atoms with E-state index in [1.807, 2.05) is 0 Å². The van der Waals surface area contributed by atoms with Gasteiger partial charge in [0.15, 0.2) is 12.4 Å². The normalized spacial score (nSPS) is 13.7. The lowest BCUT2D eigenvalue weighted by Gasteiger charge is -2.04. The predicted molar refractivity (Wildman–Crippen MR) is 106 cm³/mol. The van der Waals surface area contributed by atoms with E-state index in [4.69, 9.17) is 9.26 Å². The average molecular weight is 407 g/mol. The maximum absolute atomic E-state index is 14.3. The van der Waals surface area contributed by atoms with Crippen molar-refractivity contribution in [1.82, 2.24) is 5.16 Å². The molecule has 0 bridgehead atoms. The Morgan fingerprint density at radius 3 is 2.67 bits per heavy atom. The van der Waals surface area contributed by atoms with Crippen molar-refractivity contribution in [3.63, 3.8) is 0 Å². The van der Waals surface area contributed by atoms with Gasteiger partial charge in [-0.15, -0.1) is 0 Å². The molecule has 2 aromatic carbocycles. The van der Waals surface area contributed by atoms with E-state index in [0.717, 1.165) is 18.9 Å². The Balaban J connectivity index is 1.38. The van der Waals surface area contributed by atoms with Crippen LogP contribution in [0.2, 0.25) is 0 Å². The molecule has 3 aromatic rings. The lowest BCUT2D eigenvalue weighted by Crippen LogP contribution is -2.05. The maximum Gasteiger partial charge on any atom is 0.338 e. The van der Waals surface area contributed by atoms with Crippen molar-refractivity contribution in [2.24, 2.45) is 5.92 Å². The quantitative estimate of drug-likeness (QED) is 0.422. The number of benzene rings is 2. The molecule has 1 aromatic heterocycles. The van der Waals surface area contributed by atoms with Gasteiger partial charge >= 0.3 is 5.97 Å². The van der Waals surface area contributed by atoms with Crippen LogP contribution in [-0.2, 0) is 11.3 Å². The standard InChI is InChI=1S/C24H19F2NO3/c25-21-8-4-3-7-20(21)23-14-19(30-27-23)15-29-24(28)18-12-11-17(22(26)13-18)10-9-16-5-1-2-6-16/h3-4,7-8,11-14,16H,1-2,5-6,15H2. The van der Waals surface area contributed by atoms with E-state index < -0.39 is 17.6 Å². The van der Waals surface area contributed by atoms with E-state index in [9.17, 15) is 13.6 Å². The fraction of sp³-hybridized carbons (Fsp3) is 0.250. The second kappa shape index (κ2) is 8.91. The third-order valence-electron chi connectivity index (χ3n) is 5.03. The minimum atomic E-state index is -0.701. The van der Waals surface area contributed by atoms with Gasteiger partial charge in [-0.05, 0) is 43.2 Å². The van der Waals surface area contributed by atoms with Crippen LogP contribution in [0.4, 0.5) is 8.78 Å². The van der Waals surface area contributed by atoms with Crippen molar-refractivity contribution in [3.8, 4) is 23.1 Å². The summed E-state index contributed by atoms with van der Waals surface area (Å²) in [6, 6.07) is 11.7. The molecule has 0 aliphatic heterocycles. The molecule has 4 rings (SSSR count). The number of esters is 1. The van der Waals surface area contributed by atoms with E-state index in [1.165, 1.54) is 37.1 Å². The van der Waals surface area contributed by atoms with E-state index in [0.29, 0.717) is 11.6 Å². The van der Waals surface area contributed by atoms with Crippen LogP contribution in [0.15, 0.2) is 53.1 Å². The minimum Gasteiger partial charge on any atom is -0.454 e. The highest BCUT2D eigenvalue weighted by Crippen LogP contribution is 2.24. The topological polar surface area (TPSA) is 52.3 Å². The first-order valence-corrected chi connectivity index (χ1v) is 9.79. The molecular formula is C24H19F2NO3. The van der Waals surface area contributed by atoms with E-state index in [-0.39, 0.29) is 29.1 Å². The van der Waals surface area contributed by atoms with Gasteiger partial charge in [0, 0.05) is 17.5 Å². The zero-order valence-electron chi connectivity index (χ0n) is 16.2. The van der Waals surface area contributed by atoms with Crippen LogP contribution in [0.5, 0.6) is 0 Å². The second-order valence-corrected chi connectivity index (χ2v) is 7.18. The van der Waals surface area contributed by atoms with Crippen LogP contribution in [0.1, 0.15) is 47.4 Å². The highest BCUT2D eigenvalue weighted by atomic mass is 19.1. The number of aromatic nitrogens is 1. The van der Waals surface area contributed by atoms with E-state index in [2.05, 4.69) is 17.0 Å². The minimum absolute atomic E-state index is 0.0766. The van der Waals surface area contributed by atoms with Crippen LogP contribution >= 0.6 is 0 Å². The molecule has 152 valence electrons. The zero-order valence-corrected chi connectivity index (χ0v) is 16.2. The van der Waals surface area contributed by atoms with Gasteiger partial charge in [0.2, 0.25) is 0 Å². The molecule has 1 aliphatic carbocycles. The number of carbonyl (C=O) groups is 1. The zero-order chi connectivity index (χ0) is 20.9. The predicted octanol–water partition coefficient (Wildman–Crippen LogP) is 5.52. The molecule has 30 heavy (non-hydrogen) atoms. The van der Waals surface area contributed by atoms with Gasteiger partial charge in [-0.1, -0.05) is 42.0 Å². The molecule has 1 fully saturated rings. The summed E-state index contributed by atoms with van der Waals surface area (Å²) in [5.74, 6) is 4.86. The highest BCUT2D eigenvalue weighted by Gasteiger charge is 2.15. The van der Waals surface area contributed by atoms with Gasteiger partial charge in [0.05, 0.1) is 11.1 Å². The van der Waals surface area contributed by atoms with Crippen molar-refractivity contribution in [3.05, 3.63) is 77.1 Å². The smallest absolute Gasteiger partial charge is 0.338 e. The Bertz CT molecular complexity index is 1120. The molecule has 0 amide bonds. The van der Waals surface area contributed by atoms with Crippen LogP contribution in [0.3, 0.4) is 0 Å². The number of hydrogen-bond donors (Lipinski definition) is 0. The fourth-order valence-corrected chi connectivity index (χ4v) is 3.39. The summed E-state index contributed by atoms with van der Waals surface area (Å²) in [4.78, 5) is 12.2. The third kappa shape index (κ3) is 4.57. The maximum atomic E-state index is 14.3. The lowest BCUT2D eigenvalue weighted by atomic mass is 10.1. The van der Waals surface area contributed by atoms with Gasteiger partial charge in [0.1, 0.15) is 17.3 Å². The Morgan fingerprint density at radius 1 is 1.10 bits per heavy atom. The van der Waals surface area contributed by atoms with Crippen LogP contribution in [0.25, 0.3) is 11.3 Å². The molecule has 4 nitrogen and oxygen atoms in total. The monoisotopic (exact) mass is 407 g/mol. The molecule has 1 heterocycles. The first-order chi connectivity index (χ1) is 14.6. The number of rotatable bonds is 4. The number of ether oxygens (including phenoxy) is 1. The number of nitrogens with zero attached hydrogens (tertiary/aromatic N) is 1. The van der Waals surface area contributed by atoms with Gasteiger partial charge < -0.3 is 9.26 Å². The highest BCUT2D eigenvalue weighted by molar-refractivity contribution is 5.89. The molecule has 0 radical (unpaired) electrons. The SMILES string of the molecule is O=C(OCc1cc(-c2ccccc2F)no1)c1ccc(C#CC2CCCC2)c(F)c1. The summed E-state index contributed by atoms with van der Waals surface area (Å²) < 4.78 is 38.4. The first-order valence-electron chi connectivity index (χ1n) is 9.79. The summed E-state index contributed by atoms with van der Waals surface area (Å²) in [5.41, 5.74) is 0.932. The summed E-state index contributed by atoms with van der Waals surface area (Å²) in [5, 5.41) is 3.80. The third-order valence-corrected chi connectivity index (χ3v) is 5.03. The summed E-state index contributed by atoms with van der Waals surface area (Å²) in [6.07, 6.45) is 4.44. The van der Waals surface area contributed by atoms with Crippen LogP contribution < -0.4 is 0 Å². The van der Waals surface area contributed by atoms with Crippen LogP contribution in [0, 0.1) is 29.4 Å². The van der Waals surface area contributed by atoms with Gasteiger partial charge in [-0.2, -0.15) is 0 Å². The number of hydrogen-bond acceptors (Lipinski definition) is 4. The van der Waals surface area contributed by atoms with Crippen molar-refractivity contribution in [2.75, 3.05) is 0 Å². The van der Waals surface area contributed by atoms with Crippen LogP contribution in [-0.4, -0.2) is 11.1 Å². The lowest BCUT2D eigenvalue weighted by molar-refractivity contribution is 0.0437.